The third-order valence-corrected chi connectivity index (χ3v) is 6.14. The molecule has 1 aromatic heterocycles. The van der Waals surface area contributed by atoms with E-state index in [1.54, 1.807) is 6.92 Å². The maximum Gasteiger partial charge on any atom is 0.286 e. The van der Waals surface area contributed by atoms with Gasteiger partial charge in [0.15, 0.2) is 5.69 Å². The second-order valence-corrected chi connectivity index (χ2v) is 9.28. The molecule has 7 nitrogen and oxygen atoms in total. The molecule has 0 aliphatic heterocycles. The van der Waals surface area contributed by atoms with Crippen molar-refractivity contribution in [1.29, 1.82) is 0 Å². The Morgan fingerprint density at radius 3 is 2.27 bits per heavy atom. The van der Waals surface area contributed by atoms with E-state index in [0.29, 0.717) is 16.4 Å². The number of halogens is 5. The maximum absolute atomic E-state index is 13.2. The predicted molar refractivity (Wildman–Crippen MR) is 113 cm³/mol. The van der Waals surface area contributed by atoms with Gasteiger partial charge in [0.1, 0.15) is 11.5 Å². The Morgan fingerprint density at radius 1 is 1.03 bits per heavy atom. The van der Waals surface area contributed by atoms with Gasteiger partial charge in [-0.25, -0.2) is 17.5 Å². The number of hydrogen-bond donors (Lipinski definition) is 2. The van der Waals surface area contributed by atoms with E-state index in [0.717, 1.165) is 18.2 Å². The van der Waals surface area contributed by atoms with E-state index < -0.39 is 21.7 Å². The number of benzene rings is 2. The summed E-state index contributed by atoms with van der Waals surface area (Å²) in [4.78, 5) is 13.9. The van der Waals surface area contributed by atoms with E-state index in [1.165, 1.54) is 22.9 Å². The monoisotopic (exact) mass is 510 g/mol. The number of rotatable bonds is 5. The van der Waals surface area contributed by atoms with Crippen LogP contribution >= 0.6 is 46.4 Å². The molecule has 0 aliphatic rings. The largest absolute Gasteiger partial charge is 0.286 e. The molecule has 0 spiro atoms. The zero-order chi connectivity index (χ0) is 22.2. The third kappa shape index (κ3) is 4.72. The van der Waals surface area contributed by atoms with Crippen LogP contribution in [0.5, 0.6) is 0 Å². The summed E-state index contributed by atoms with van der Waals surface area (Å²) in [7, 11) is -4.20. The minimum Gasteiger partial charge on any atom is -0.272 e. The number of hydrazine groups is 1. The summed E-state index contributed by atoms with van der Waals surface area (Å²) in [5.74, 6) is -1.63. The lowest BCUT2D eigenvalue weighted by Crippen LogP contribution is -2.41. The van der Waals surface area contributed by atoms with Gasteiger partial charge in [-0.05, 0) is 43.3 Å². The minimum atomic E-state index is -4.20. The number of aromatic nitrogens is 2. The molecule has 2 aromatic carbocycles. The molecule has 0 saturated carbocycles. The molecule has 0 radical (unpaired) electrons. The van der Waals surface area contributed by atoms with E-state index >= 15 is 0 Å². The number of amides is 1. The molecule has 0 unspecified atom stereocenters. The summed E-state index contributed by atoms with van der Waals surface area (Å²) in [6.45, 7) is 1.65. The normalized spacial score (nSPS) is 11.5. The van der Waals surface area contributed by atoms with Gasteiger partial charge in [0.05, 0.1) is 20.0 Å². The molecule has 158 valence electrons. The Morgan fingerprint density at radius 2 is 1.67 bits per heavy atom. The lowest BCUT2D eigenvalue weighted by Gasteiger charge is -2.10. The van der Waals surface area contributed by atoms with Gasteiger partial charge in [-0.1, -0.05) is 46.4 Å². The van der Waals surface area contributed by atoms with Gasteiger partial charge >= 0.3 is 0 Å². The second kappa shape index (κ2) is 8.70. The highest BCUT2D eigenvalue weighted by atomic mass is 35.5. The molecule has 0 aliphatic carbocycles. The Hall–Kier alpha value is -1.88. The summed E-state index contributed by atoms with van der Waals surface area (Å²) >= 11 is 23.9. The Balaban J connectivity index is 1.82. The van der Waals surface area contributed by atoms with E-state index in [1.807, 2.05) is 10.3 Å². The molecule has 0 saturated heterocycles. The lowest BCUT2D eigenvalue weighted by molar-refractivity contribution is 0.0939. The molecule has 30 heavy (non-hydrogen) atoms. The first-order valence-corrected chi connectivity index (χ1v) is 11.0. The van der Waals surface area contributed by atoms with Crippen LogP contribution in [0, 0.1) is 12.7 Å². The molecular formula is C17H11Cl4FN4O3S. The van der Waals surface area contributed by atoms with Gasteiger partial charge in [-0.15, -0.1) is 4.83 Å². The quantitative estimate of drug-likeness (QED) is 0.491. The van der Waals surface area contributed by atoms with Gasteiger partial charge < -0.3 is 0 Å². The third-order valence-electron chi connectivity index (χ3n) is 3.81. The van der Waals surface area contributed by atoms with Crippen LogP contribution in [0.2, 0.25) is 20.1 Å². The summed E-state index contributed by atoms with van der Waals surface area (Å²) in [5.41, 5.74) is 2.72. The molecule has 1 amide bonds. The van der Waals surface area contributed by atoms with Crippen molar-refractivity contribution in [2.45, 2.75) is 11.8 Å². The number of carbonyl (C=O) groups excluding carboxylic acids is 1. The SMILES string of the molecule is Cc1cc(C(=O)NNS(=O)(=O)c2ccc(F)c(Cl)c2)nn1-c1c(Cl)cc(Cl)cc1Cl. The van der Waals surface area contributed by atoms with Crippen LogP contribution in [0.15, 0.2) is 41.3 Å². The average Bonchev–Trinajstić information content (AvgIpc) is 3.02. The van der Waals surface area contributed by atoms with Crippen molar-refractivity contribution in [1.82, 2.24) is 20.0 Å². The summed E-state index contributed by atoms with van der Waals surface area (Å²) in [6, 6.07) is 7.14. The number of hydrogen-bond acceptors (Lipinski definition) is 4. The average molecular weight is 512 g/mol. The van der Waals surface area contributed by atoms with Crippen molar-refractivity contribution in [3.8, 4) is 5.69 Å². The fourth-order valence-electron chi connectivity index (χ4n) is 2.43. The molecule has 2 N–H and O–H groups in total. The molecule has 1 heterocycles. The number of nitrogens with one attached hydrogen (secondary N) is 2. The predicted octanol–water partition coefficient (Wildman–Crippen LogP) is 4.56. The minimum absolute atomic E-state index is 0.116. The number of carbonyl (C=O) groups is 1. The van der Waals surface area contributed by atoms with Crippen LogP contribution in [0.25, 0.3) is 5.69 Å². The molecule has 13 heteroatoms. The van der Waals surface area contributed by atoms with Crippen LogP contribution < -0.4 is 10.3 Å². The fraction of sp³-hybridized carbons (Fsp3) is 0.0588. The Labute approximate surface area is 190 Å². The molecular weight excluding hydrogens is 501 g/mol. The van der Waals surface area contributed by atoms with Gasteiger partial charge in [-0.3, -0.25) is 10.2 Å². The van der Waals surface area contributed by atoms with E-state index in [-0.39, 0.29) is 25.7 Å². The van der Waals surface area contributed by atoms with Gasteiger partial charge in [0.2, 0.25) is 0 Å². The smallest absolute Gasteiger partial charge is 0.272 e. The van der Waals surface area contributed by atoms with Crippen LogP contribution in [0.3, 0.4) is 0 Å². The van der Waals surface area contributed by atoms with Crippen molar-refractivity contribution >= 4 is 62.3 Å². The van der Waals surface area contributed by atoms with Crippen molar-refractivity contribution in [3.05, 3.63) is 73.7 Å². The molecule has 0 fully saturated rings. The standard InChI is InChI=1S/C17H11Cl4FN4O3S/c1-8-4-15(24-26(8)16-12(20)5-9(18)6-13(16)21)17(27)23-25-30(28,29)10-2-3-14(22)11(19)7-10/h2-7,25H,1H3,(H,23,27). The first-order valence-electron chi connectivity index (χ1n) is 7.98. The van der Waals surface area contributed by atoms with Crippen molar-refractivity contribution in [3.63, 3.8) is 0 Å². The van der Waals surface area contributed by atoms with Crippen molar-refractivity contribution in [2.24, 2.45) is 0 Å². The van der Waals surface area contributed by atoms with Gasteiger partial charge in [0.25, 0.3) is 15.9 Å². The topological polar surface area (TPSA) is 93.1 Å². The summed E-state index contributed by atoms with van der Waals surface area (Å²) in [5, 5.41) is 4.48. The molecule has 0 atom stereocenters. The van der Waals surface area contributed by atoms with Gasteiger partial charge in [-0.2, -0.15) is 5.10 Å². The van der Waals surface area contributed by atoms with Crippen LogP contribution in [0.4, 0.5) is 4.39 Å². The molecule has 3 rings (SSSR count). The molecule has 3 aromatic rings. The Bertz CT molecular complexity index is 1240. The van der Waals surface area contributed by atoms with Crippen LogP contribution in [-0.4, -0.2) is 24.1 Å². The first-order chi connectivity index (χ1) is 14.0. The summed E-state index contributed by atoms with van der Waals surface area (Å²) < 4.78 is 39.1. The molecule has 0 bridgehead atoms. The number of aryl methyl sites for hydroxylation is 1. The maximum atomic E-state index is 13.2. The summed E-state index contributed by atoms with van der Waals surface area (Å²) in [6.07, 6.45) is 0. The lowest BCUT2D eigenvalue weighted by atomic mass is 10.3. The van der Waals surface area contributed by atoms with E-state index in [2.05, 4.69) is 5.10 Å². The second-order valence-electron chi connectivity index (χ2n) is 5.94. The van der Waals surface area contributed by atoms with Gasteiger partial charge in [0, 0.05) is 10.7 Å². The van der Waals surface area contributed by atoms with Crippen molar-refractivity contribution < 1.29 is 17.6 Å². The zero-order valence-corrected chi connectivity index (χ0v) is 18.7. The van der Waals surface area contributed by atoms with E-state index in [9.17, 15) is 17.6 Å². The highest BCUT2D eigenvalue weighted by molar-refractivity contribution is 7.89. The van der Waals surface area contributed by atoms with Crippen LogP contribution in [-0.2, 0) is 10.0 Å². The highest BCUT2D eigenvalue weighted by Crippen LogP contribution is 2.32. The van der Waals surface area contributed by atoms with Crippen LogP contribution in [0.1, 0.15) is 16.2 Å². The van der Waals surface area contributed by atoms with Crippen molar-refractivity contribution in [2.75, 3.05) is 0 Å². The number of nitrogens with zero attached hydrogens (tertiary/aromatic N) is 2. The highest BCUT2D eigenvalue weighted by Gasteiger charge is 2.21. The van der Waals surface area contributed by atoms with E-state index in [4.69, 9.17) is 46.4 Å². The fourth-order valence-corrected chi connectivity index (χ4v) is 4.52. The number of sulfonamides is 1. The zero-order valence-electron chi connectivity index (χ0n) is 14.9. The Kier molecular flexibility index (Phi) is 6.61. The first kappa shape index (κ1) is 22.8.